The van der Waals surface area contributed by atoms with Gasteiger partial charge in [-0.1, -0.05) is 61.6 Å². The second-order valence-electron chi connectivity index (χ2n) is 8.24. The summed E-state index contributed by atoms with van der Waals surface area (Å²) in [4.78, 5) is 0. The zero-order chi connectivity index (χ0) is 21.6. The largest absolute Gasteiger partial charge is 0.212 e. The lowest BCUT2D eigenvalue weighted by Crippen LogP contribution is -2.44. The average Bonchev–Trinajstić information content (AvgIpc) is 2.61. The van der Waals surface area contributed by atoms with Gasteiger partial charge in [0.25, 0.3) is 0 Å². The monoisotopic (exact) mass is 363 g/mol. The molecule has 0 radical (unpaired) electrons. The van der Waals surface area contributed by atoms with Gasteiger partial charge in [-0.3, -0.25) is 0 Å². The molecule has 2 aromatic carbocycles. The van der Waals surface area contributed by atoms with Crippen LogP contribution in [-0.2, 0) is 7.05 Å². The molecular weight excluding hydrogens is 330 g/mol. The molecule has 0 spiro atoms. The highest BCUT2D eigenvalue weighted by atomic mass is 28.3. The van der Waals surface area contributed by atoms with Crippen molar-refractivity contribution in [3.05, 3.63) is 71.4 Å². The molecule has 0 N–H and O–H groups in total. The fourth-order valence-corrected chi connectivity index (χ4v) is 4.45. The van der Waals surface area contributed by atoms with Gasteiger partial charge >= 0.3 is 0 Å². The van der Waals surface area contributed by atoms with Crippen LogP contribution in [0.1, 0.15) is 20.8 Å². The van der Waals surface area contributed by atoms with Crippen LogP contribution in [0.25, 0.3) is 22.4 Å². The van der Waals surface area contributed by atoms with E-state index in [1.807, 2.05) is 50.2 Å². The first kappa shape index (κ1) is 14.9. The summed E-state index contributed by atoms with van der Waals surface area (Å²) in [5.74, 6) is 0. The molecule has 0 amide bonds. The second kappa shape index (κ2) is 6.84. The first-order valence-electron chi connectivity index (χ1n) is 10.6. The Bertz CT molecular complexity index is 1050. The summed E-state index contributed by atoms with van der Waals surface area (Å²) in [6, 6.07) is 16.4. The van der Waals surface area contributed by atoms with Crippen LogP contribution in [0.15, 0.2) is 54.7 Å². The van der Waals surface area contributed by atoms with Crippen molar-refractivity contribution >= 4 is 13.3 Å². The van der Waals surface area contributed by atoms with Gasteiger partial charge in [-0.15, -0.1) is 0 Å². The number of aryl methyl sites for hydroxylation is 4. The van der Waals surface area contributed by atoms with Crippen molar-refractivity contribution < 1.29 is 8.68 Å². The molecule has 0 aliphatic rings. The van der Waals surface area contributed by atoms with Crippen LogP contribution >= 0.6 is 0 Å². The zero-order valence-corrected chi connectivity index (χ0v) is 17.6. The van der Waals surface area contributed by atoms with Crippen LogP contribution in [0.4, 0.5) is 0 Å². The van der Waals surface area contributed by atoms with Crippen molar-refractivity contribution in [2.24, 2.45) is 7.05 Å². The zero-order valence-electron chi connectivity index (χ0n) is 19.6. The highest BCUT2D eigenvalue weighted by Gasteiger charge is 2.22. The molecule has 0 aliphatic heterocycles. The number of pyridine rings is 1. The molecule has 3 rings (SSSR count). The molecule has 0 bridgehead atoms. The van der Waals surface area contributed by atoms with E-state index in [1.165, 1.54) is 5.19 Å². The lowest BCUT2D eigenvalue weighted by atomic mass is 9.93. The number of hydrogen-bond acceptors (Lipinski definition) is 0. The Labute approximate surface area is 163 Å². The number of aromatic nitrogens is 1. The van der Waals surface area contributed by atoms with Crippen molar-refractivity contribution in [3.8, 4) is 22.4 Å². The molecule has 0 saturated carbocycles. The Balaban J connectivity index is 2.24. The van der Waals surface area contributed by atoms with E-state index in [0.29, 0.717) is 5.56 Å². The van der Waals surface area contributed by atoms with Crippen LogP contribution < -0.4 is 9.75 Å². The summed E-state index contributed by atoms with van der Waals surface area (Å²) in [7, 11) is 0.671. The lowest BCUT2D eigenvalue weighted by molar-refractivity contribution is -0.659. The fourth-order valence-electron chi connectivity index (χ4n) is 3.29. The van der Waals surface area contributed by atoms with Crippen LogP contribution in [0.2, 0.25) is 19.6 Å². The molecule has 134 valence electrons. The third-order valence-electron chi connectivity index (χ3n) is 5.00. The van der Waals surface area contributed by atoms with Crippen LogP contribution in [0.5, 0.6) is 0 Å². The summed E-state index contributed by atoms with van der Waals surface area (Å²) < 4.78 is 26.3. The minimum absolute atomic E-state index is 0.406. The van der Waals surface area contributed by atoms with Crippen molar-refractivity contribution in [3.63, 3.8) is 0 Å². The van der Waals surface area contributed by atoms with Gasteiger partial charge in [0.05, 0.1) is 8.07 Å². The topological polar surface area (TPSA) is 3.88 Å². The van der Waals surface area contributed by atoms with E-state index in [4.69, 9.17) is 4.11 Å². The van der Waals surface area contributed by atoms with Gasteiger partial charge < -0.3 is 0 Å². The predicted octanol–water partition coefficient (Wildman–Crippen LogP) is 5.32. The molecule has 26 heavy (non-hydrogen) atoms. The molecule has 3 aromatic rings. The van der Waals surface area contributed by atoms with Crippen LogP contribution in [0.3, 0.4) is 0 Å². The first-order chi connectivity index (χ1) is 13.4. The summed E-state index contributed by atoms with van der Waals surface area (Å²) in [5.41, 5.74) is 6.41. The molecular formula is C24H30NSi+. The highest BCUT2D eigenvalue weighted by molar-refractivity contribution is 6.88. The molecule has 1 nitrogen and oxygen atoms in total. The third kappa shape index (κ3) is 3.66. The normalized spacial score (nSPS) is 13.8. The molecule has 0 saturated heterocycles. The SMILES string of the molecule is [2H]C([2H])([2H])c1cc(C)c(-c2ccc([Si](C)(C)C)c[n+]2C)cc1-c1ccc(C)cc1. The van der Waals surface area contributed by atoms with E-state index in [9.17, 15) is 0 Å². The third-order valence-corrected chi connectivity index (χ3v) is 7.03. The Kier molecular flexibility index (Phi) is 3.93. The van der Waals surface area contributed by atoms with E-state index >= 15 is 0 Å². The molecule has 1 aromatic heterocycles. The van der Waals surface area contributed by atoms with Crippen LogP contribution in [0, 0.1) is 20.7 Å². The van der Waals surface area contributed by atoms with Gasteiger partial charge in [0, 0.05) is 20.9 Å². The second-order valence-corrected chi connectivity index (χ2v) is 13.3. The van der Waals surface area contributed by atoms with E-state index in [2.05, 4.69) is 49.6 Å². The smallest absolute Gasteiger partial charge is 0.201 e. The Morgan fingerprint density at radius 1 is 0.846 bits per heavy atom. The van der Waals surface area contributed by atoms with Gasteiger partial charge in [0.2, 0.25) is 5.69 Å². The number of rotatable bonds is 3. The van der Waals surface area contributed by atoms with E-state index < -0.39 is 14.9 Å². The van der Waals surface area contributed by atoms with Gasteiger partial charge in [-0.2, -0.15) is 0 Å². The van der Waals surface area contributed by atoms with Gasteiger partial charge in [-0.05, 0) is 49.0 Å². The number of benzene rings is 2. The minimum Gasteiger partial charge on any atom is -0.201 e. The summed E-state index contributed by atoms with van der Waals surface area (Å²) in [5, 5.41) is 1.40. The molecule has 0 atom stereocenters. The van der Waals surface area contributed by atoms with E-state index in [1.54, 1.807) is 0 Å². The standard InChI is InChI=1S/C24H30NSi/c1-17-8-10-20(11-9-17)22-15-23(19(3)14-18(22)2)24-13-12-21(16-25(24)4)26(5,6)7/h8-16H,1-7H3/q+1/i2D3. The van der Waals surface area contributed by atoms with Crippen LogP contribution in [-0.4, -0.2) is 8.07 Å². The summed E-state index contributed by atoms with van der Waals surface area (Å²) >= 11 is 0. The molecule has 1 heterocycles. The molecule has 0 aliphatic carbocycles. The van der Waals surface area contributed by atoms with Crippen molar-refractivity contribution in [1.29, 1.82) is 0 Å². The Morgan fingerprint density at radius 3 is 2.12 bits per heavy atom. The Morgan fingerprint density at radius 2 is 1.54 bits per heavy atom. The maximum Gasteiger partial charge on any atom is 0.212 e. The quantitative estimate of drug-likeness (QED) is 0.438. The first-order valence-corrected chi connectivity index (χ1v) is 12.6. The minimum atomic E-state index is -2.16. The van der Waals surface area contributed by atoms with Crippen molar-refractivity contribution in [2.45, 2.75) is 40.3 Å². The average molecular weight is 364 g/mol. The van der Waals surface area contributed by atoms with E-state index in [-0.39, 0.29) is 0 Å². The summed E-state index contributed by atoms with van der Waals surface area (Å²) in [6.07, 6.45) is 2.23. The highest BCUT2D eigenvalue weighted by Crippen LogP contribution is 2.31. The van der Waals surface area contributed by atoms with Gasteiger partial charge in [-0.25, -0.2) is 4.57 Å². The van der Waals surface area contributed by atoms with Gasteiger partial charge in [0.1, 0.15) is 7.05 Å². The number of nitrogens with zero attached hydrogens (tertiary/aromatic N) is 1. The molecule has 0 fully saturated rings. The predicted molar refractivity (Wildman–Crippen MR) is 116 cm³/mol. The maximum atomic E-state index is 8.05. The van der Waals surface area contributed by atoms with E-state index in [0.717, 1.165) is 33.5 Å². The Hall–Kier alpha value is -2.19. The van der Waals surface area contributed by atoms with Crippen molar-refractivity contribution in [2.75, 3.05) is 0 Å². The molecule has 0 unspecified atom stereocenters. The fraction of sp³-hybridized carbons (Fsp3) is 0.292. The van der Waals surface area contributed by atoms with Gasteiger partial charge in [0.15, 0.2) is 6.20 Å². The summed E-state index contributed by atoms with van der Waals surface area (Å²) in [6.45, 7) is 8.90. The number of hydrogen-bond donors (Lipinski definition) is 0. The van der Waals surface area contributed by atoms with Crippen molar-refractivity contribution in [1.82, 2.24) is 0 Å². The maximum absolute atomic E-state index is 8.05. The molecule has 2 heteroatoms. The lowest BCUT2D eigenvalue weighted by Gasteiger charge is -2.16.